The lowest BCUT2D eigenvalue weighted by Gasteiger charge is -2.10. The third kappa shape index (κ3) is 3.23. The van der Waals surface area contributed by atoms with Gasteiger partial charge in [-0.1, -0.05) is 6.07 Å². The monoisotopic (exact) mass is 311 g/mol. The fraction of sp³-hybridized carbons (Fsp3) is 0.231. The summed E-state index contributed by atoms with van der Waals surface area (Å²) in [6.07, 6.45) is 0.938. The van der Waals surface area contributed by atoms with Crippen molar-refractivity contribution >= 4 is 33.0 Å². The highest BCUT2D eigenvalue weighted by atomic mass is 79.9. The van der Waals surface area contributed by atoms with Crippen molar-refractivity contribution in [3.05, 3.63) is 44.6 Å². The number of nitrogens with two attached hydrogens (primary N) is 1. The van der Waals surface area contributed by atoms with Gasteiger partial charge in [0.1, 0.15) is 5.75 Å². The number of rotatable bonds is 4. The molecule has 2 N–H and O–H groups in total. The van der Waals surface area contributed by atoms with E-state index in [4.69, 9.17) is 10.5 Å². The van der Waals surface area contributed by atoms with Crippen molar-refractivity contribution in [2.75, 3.05) is 12.3 Å². The highest BCUT2D eigenvalue weighted by Crippen LogP contribution is 2.29. The van der Waals surface area contributed by atoms with E-state index in [1.807, 2.05) is 19.1 Å². The Balaban J connectivity index is 1.97. The number of hydrogen-bond acceptors (Lipinski definition) is 3. The topological polar surface area (TPSA) is 35.2 Å². The number of anilines is 1. The van der Waals surface area contributed by atoms with Crippen LogP contribution in [0.1, 0.15) is 10.4 Å². The maximum atomic E-state index is 5.81. The van der Waals surface area contributed by atoms with Gasteiger partial charge in [-0.25, -0.2) is 0 Å². The Morgan fingerprint density at radius 2 is 2.24 bits per heavy atom. The molecule has 2 aromatic rings. The second-order valence-electron chi connectivity index (χ2n) is 3.82. The molecule has 2 rings (SSSR count). The van der Waals surface area contributed by atoms with Gasteiger partial charge in [-0.3, -0.25) is 0 Å². The average molecular weight is 312 g/mol. The molecule has 0 bridgehead atoms. The molecular weight excluding hydrogens is 298 g/mol. The molecule has 1 heterocycles. The van der Waals surface area contributed by atoms with E-state index >= 15 is 0 Å². The average Bonchev–Trinajstić information content (AvgIpc) is 2.78. The van der Waals surface area contributed by atoms with E-state index in [2.05, 4.69) is 33.4 Å². The largest absolute Gasteiger partial charge is 0.492 e. The van der Waals surface area contributed by atoms with Gasteiger partial charge in [0.2, 0.25) is 0 Å². The van der Waals surface area contributed by atoms with Gasteiger partial charge < -0.3 is 10.5 Å². The Morgan fingerprint density at radius 3 is 2.94 bits per heavy atom. The van der Waals surface area contributed by atoms with Crippen LogP contribution in [0.2, 0.25) is 0 Å². The van der Waals surface area contributed by atoms with Crippen LogP contribution in [0.4, 0.5) is 5.69 Å². The summed E-state index contributed by atoms with van der Waals surface area (Å²) in [6.45, 7) is 2.66. The normalized spacial score (nSPS) is 10.5. The maximum Gasteiger partial charge on any atom is 0.133 e. The molecule has 0 aliphatic heterocycles. The van der Waals surface area contributed by atoms with Crippen LogP contribution >= 0.6 is 27.3 Å². The minimum atomic E-state index is 0.683. The highest BCUT2D eigenvalue weighted by Gasteiger charge is 2.05. The Hall–Kier alpha value is -1.00. The molecule has 2 nitrogen and oxygen atoms in total. The van der Waals surface area contributed by atoms with Crippen molar-refractivity contribution in [2.45, 2.75) is 13.3 Å². The quantitative estimate of drug-likeness (QED) is 0.865. The lowest BCUT2D eigenvalue weighted by atomic mass is 10.2. The number of benzene rings is 1. The van der Waals surface area contributed by atoms with Crippen molar-refractivity contribution in [2.24, 2.45) is 0 Å². The number of nitrogen functional groups attached to an aromatic ring is 1. The van der Waals surface area contributed by atoms with Crippen molar-refractivity contribution in [1.82, 2.24) is 0 Å². The van der Waals surface area contributed by atoms with Gasteiger partial charge >= 0.3 is 0 Å². The summed E-state index contributed by atoms with van der Waals surface area (Å²) in [5, 5.41) is 2.08. The molecule has 90 valence electrons. The summed E-state index contributed by atoms with van der Waals surface area (Å²) in [6, 6.07) is 8.03. The van der Waals surface area contributed by atoms with E-state index < -0.39 is 0 Å². The third-order valence-electron chi connectivity index (χ3n) is 2.51. The van der Waals surface area contributed by atoms with Crippen molar-refractivity contribution in [3.63, 3.8) is 0 Å². The van der Waals surface area contributed by atoms with E-state index in [-0.39, 0.29) is 0 Å². The Labute approximate surface area is 114 Å². The fourth-order valence-corrected chi connectivity index (χ4v) is 2.66. The second-order valence-corrected chi connectivity index (χ2v) is 5.70. The molecule has 0 spiro atoms. The number of thiophene rings is 1. The van der Waals surface area contributed by atoms with Gasteiger partial charge in [0.15, 0.2) is 0 Å². The molecule has 4 heteroatoms. The van der Waals surface area contributed by atoms with Crippen LogP contribution in [0, 0.1) is 6.92 Å². The van der Waals surface area contributed by atoms with Crippen LogP contribution in [0.25, 0.3) is 0 Å². The van der Waals surface area contributed by atoms with Crippen LogP contribution < -0.4 is 10.5 Å². The Kier molecular flexibility index (Phi) is 4.07. The van der Waals surface area contributed by atoms with E-state index in [1.54, 1.807) is 11.3 Å². The predicted molar refractivity (Wildman–Crippen MR) is 76.8 cm³/mol. The molecule has 0 amide bonds. The summed E-state index contributed by atoms with van der Waals surface area (Å²) < 4.78 is 6.66. The molecule has 0 aliphatic rings. The van der Waals surface area contributed by atoms with Gasteiger partial charge in [0, 0.05) is 17.0 Å². The summed E-state index contributed by atoms with van der Waals surface area (Å²) in [5.74, 6) is 0.855. The van der Waals surface area contributed by atoms with Gasteiger partial charge in [-0.15, -0.1) is 11.3 Å². The van der Waals surface area contributed by atoms with E-state index in [1.165, 1.54) is 4.88 Å². The number of aryl methyl sites for hydroxylation is 1. The molecule has 0 saturated carbocycles. The number of ether oxygens (including phenoxy) is 1. The molecule has 0 atom stereocenters. The number of halogens is 1. The Bertz CT molecular complexity index is 496. The fourth-order valence-electron chi connectivity index (χ4n) is 1.50. The van der Waals surface area contributed by atoms with Crippen LogP contribution in [-0.2, 0) is 6.42 Å². The molecule has 0 saturated heterocycles. The van der Waals surface area contributed by atoms with Gasteiger partial charge in [0.25, 0.3) is 0 Å². The molecule has 17 heavy (non-hydrogen) atoms. The standard InChI is InChI=1S/C13H14BrNOS/c1-9-7-13(11(14)8-12(9)15)16-5-4-10-3-2-6-17-10/h2-3,6-8H,4-5,15H2,1H3. The molecule has 0 fully saturated rings. The molecule has 0 unspecified atom stereocenters. The van der Waals surface area contributed by atoms with Crippen molar-refractivity contribution in [1.29, 1.82) is 0 Å². The minimum Gasteiger partial charge on any atom is -0.492 e. The van der Waals surface area contributed by atoms with E-state index in [0.29, 0.717) is 6.61 Å². The summed E-state index contributed by atoms with van der Waals surface area (Å²) in [5.41, 5.74) is 7.63. The maximum absolute atomic E-state index is 5.81. The van der Waals surface area contributed by atoms with Crippen LogP contribution in [0.3, 0.4) is 0 Å². The Morgan fingerprint density at radius 1 is 1.41 bits per heavy atom. The smallest absolute Gasteiger partial charge is 0.133 e. The first kappa shape index (κ1) is 12.5. The molecule has 0 radical (unpaired) electrons. The number of hydrogen-bond donors (Lipinski definition) is 1. The van der Waals surface area contributed by atoms with E-state index in [9.17, 15) is 0 Å². The summed E-state index contributed by atoms with van der Waals surface area (Å²) in [7, 11) is 0. The second kappa shape index (κ2) is 5.56. The van der Waals surface area contributed by atoms with Crippen LogP contribution in [-0.4, -0.2) is 6.61 Å². The lowest BCUT2D eigenvalue weighted by Crippen LogP contribution is -2.01. The first-order valence-electron chi connectivity index (χ1n) is 5.37. The summed E-state index contributed by atoms with van der Waals surface area (Å²) >= 11 is 5.21. The zero-order chi connectivity index (χ0) is 12.3. The first-order chi connectivity index (χ1) is 8.16. The zero-order valence-electron chi connectivity index (χ0n) is 9.57. The first-order valence-corrected chi connectivity index (χ1v) is 7.05. The van der Waals surface area contributed by atoms with E-state index in [0.717, 1.165) is 27.9 Å². The molecule has 1 aromatic carbocycles. The molecular formula is C13H14BrNOS. The van der Waals surface area contributed by atoms with Crippen LogP contribution in [0.5, 0.6) is 5.75 Å². The predicted octanol–water partition coefficient (Wildman–Crippen LogP) is 4.02. The van der Waals surface area contributed by atoms with Gasteiger partial charge in [0.05, 0.1) is 11.1 Å². The highest BCUT2D eigenvalue weighted by molar-refractivity contribution is 9.10. The van der Waals surface area contributed by atoms with Crippen LogP contribution in [0.15, 0.2) is 34.1 Å². The van der Waals surface area contributed by atoms with Gasteiger partial charge in [-0.2, -0.15) is 0 Å². The molecule has 0 aliphatic carbocycles. The molecule has 1 aromatic heterocycles. The SMILES string of the molecule is Cc1cc(OCCc2cccs2)c(Br)cc1N. The summed E-state index contributed by atoms with van der Waals surface area (Å²) in [4.78, 5) is 1.34. The van der Waals surface area contributed by atoms with Crippen molar-refractivity contribution < 1.29 is 4.74 Å². The third-order valence-corrected chi connectivity index (χ3v) is 4.06. The lowest BCUT2D eigenvalue weighted by molar-refractivity contribution is 0.321. The zero-order valence-corrected chi connectivity index (χ0v) is 12.0. The van der Waals surface area contributed by atoms with Crippen molar-refractivity contribution in [3.8, 4) is 5.75 Å². The van der Waals surface area contributed by atoms with Gasteiger partial charge in [-0.05, 0) is 52.0 Å². The minimum absolute atomic E-state index is 0.683.